The van der Waals surface area contributed by atoms with Gasteiger partial charge in [0.1, 0.15) is 18.1 Å². The van der Waals surface area contributed by atoms with Crippen molar-refractivity contribution < 1.29 is 24.0 Å². The van der Waals surface area contributed by atoms with E-state index in [2.05, 4.69) is 25.9 Å². The van der Waals surface area contributed by atoms with Gasteiger partial charge in [0.05, 0.1) is 18.4 Å². The van der Waals surface area contributed by atoms with Crippen LogP contribution in [0.1, 0.15) is 82.4 Å². The fourth-order valence-electron chi connectivity index (χ4n) is 6.09. The lowest BCUT2D eigenvalue weighted by atomic mass is 9.95. The van der Waals surface area contributed by atoms with Crippen molar-refractivity contribution in [1.82, 2.24) is 30.8 Å². The number of carbonyl (C=O) groups is 5. The second kappa shape index (κ2) is 20.3. The van der Waals surface area contributed by atoms with Gasteiger partial charge >= 0.3 is 0 Å². The Hall–Kier alpha value is -4.84. The number of aromatic amines is 1. The van der Waals surface area contributed by atoms with Crippen molar-refractivity contribution in [2.75, 3.05) is 7.05 Å². The van der Waals surface area contributed by atoms with Crippen LogP contribution in [0.3, 0.4) is 0 Å². The number of aromatic nitrogens is 2. The van der Waals surface area contributed by atoms with Gasteiger partial charge in [-0.1, -0.05) is 102 Å². The first-order chi connectivity index (χ1) is 24.7. The first-order valence-electron chi connectivity index (χ1n) is 18.2. The molecule has 3 rings (SSSR count). The highest BCUT2D eigenvalue weighted by Gasteiger charge is 2.36. The Morgan fingerprint density at radius 1 is 0.692 bits per heavy atom. The molecular formula is C40H57N7O5. The molecule has 282 valence electrons. The molecule has 4 amide bonds. The van der Waals surface area contributed by atoms with Gasteiger partial charge in [0.2, 0.25) is 23.6 Å². The van der Waals surface area contributed by atoms with Gasteiger partial charge < -0.3 is 31.6 Å². The molecule has 0 bridgehead atoms. The molecule has 0 spiro atoms. The molecule has 0 saturated carbocycles. The summed E-state index contributed by atoms with van der Waals surface area (Å²) >= 11 is 0. The van der Waals surface area contributed by atoms with Gasteiger partial charge in [0.25, 0.3) is 0 Å². The summed E-state index contributed by atoms with van der Waals surface area (Å²) < 4.78 is 0. The lowest BCUT2D eigenvalue weighted by molar-refractivity contribution is -0.143. The molecule has 2 aromatic carbocycles. The van der Waals surface area contributed by atoms with E-state index in [1.807, 2.05) is 77.9 Å². The van der Waals surface area contributed by atoms with Crippen LogP contribution >= 0.6 is 0 Å². The average Bonchev–Trinajstić information content (AvgIpc) is 3.62. The molecule has 0 saturated heterocycles. The number of nitrogens with zero attached hydrogens (tertiary/aromatic N) is 2. The zero-order valence-corrected chi connectivity index (χ0v) is 31.6. The SMILES string of the molecule is CC(C)C[C@H](NC(=O)[C@H](Cc1cnc[nH]1)NC(=O)[C@@H](CC(C)C)N(C)C(=O)[C@@H](CC(C)C)NC(=O)[C@@H](N)Cc1ccccc1)C(=O)c1ccccc1. The van der Waals surface area contributed by atoms with Crippen molar-refractivity contribution in [2.45, 2.75) is 104 Å². The number of carbonyl (C=O) groups excluding carboxylic acids is 5. The minimum absolute atomic E-state index is 0.00207. The first kappa shape index (κ1) is 41.6. The monoisotopic (exact) mass is 715 g/mol. The number of benzene rings is 2. The Morgan fingerprint density at radius 3 is 1.79 bits per heavy atom. The normalized spacial score (nSPS) is 14.3. The van der Waals surface area contributed by atoms with E-state index in [0.717, 1.165) is 5.56 Å². The van der Waals surface area contributed by atoms with E-state index >= 15 is 0 Å². The van der Waals surface area contributed by atoms with E-state index in [0.29, 0.717) is 36.9 Å². The largest absolute Gasteiger partial charge is 0.348 e. The molecule has 3 aromatic rings. The molecule has 1 aromatic heterocycles. The standard InChI is InChI=1S/C40H57N7O5/c1-25(2)18-32(36(48)29-16-12-9-13-17-29)44-38(50)33(22-30-23-42-24-43-30)45-39(51)35(20-27(5)6)47(7)40(52)34(19-26(3)4)46-37(49)31(41)21-28-14-10-8-11-15-28/h8-17,23-27,31-35H,18-22,41H2,1-7H3,(H,42,43)(H,44,50)(H,45,51)(H,46,49)/t31-,32-,33-,34+,35+/m0/s1. The van der Waals surface area contributed by atoms with Gasteiger partial charge in [-0.15, -0.1) is 0 Å². The summed E-state index contributed by atoms with van der Waals surface area (Å²) in [6.07, 6.45) is 4.45. The number of amides is 4. The highest BCUT2D eigenvalue weighted by molar-refractivity contribution is 6.03. The number of likely N-dealkylation sites (N-methyl/N-ethyl adjacent to an activating group) is 1. The molecule has 6 N–H and O–H groups in total. The van der Waals surface area contributed by atoms with E-state index < -0.39 is 53.8 Å². The van der Waals surface area contributed by atoms with Crippen molar-refractivity contribution in [3.63, 3.8) is 0 Å². The number of hydrogen-bond donors (Lipinski definition) is 5. The van der Waals surface area contributed by atoms with Gasteiger partial charge in [-0.3, -0.25) is 24.0 Å². The van der Waals surface area contributed by atoms with E-state index in [-0.39, 0.29) is 30.0 Å². The summed E-state index contributed by atoms with van der Waals surface area (Å²) in [5, 5.41) is 8.65. The number of rotatable bonds is 20. The van der Waals surface area contributed by atoms with E-state index in [4.69, 9.17) is 5.73 Å². The minimum atomic E-state index is -1.09. The summed E-state index contributed by atoms with van der Waals surface area (Å²) in [4.78, 5) is 77.4. The molecule has 12 heteroatoms. The quantitative estimate of drug-likeness (QED) is 0.110. The second-order valence-corrected chi connectivity index (χ2v) is 14.8. The van der Waals surface area contributed by atoms with E-state index in [9.17, 15) is 24.0 Å². The third-order valence-electron chi connectivity index (χ3n) is 8.78. The maximum Gasteiger partial charge on any atom is 0.245 e. The summed E-state index contributed by atoms with van der Waals surface area (Å²) in [5.74, 6) is -2.04. The van der Waals surface area contributed by atoms with Gasteiger partial charge in [-0.2, -0.15) is 0 Å². The molecule has 0 aliphatic carbocycles. The zero-order chi connectivity index (χ0) is 38.4. The first-order valence-corrected chi connectivity index (χ1v) is 18.2. The van der Waals surface area contributed by atoms with E-state index in [1.165, 1.54) is 11.2 Å². The lowest BCUT2D eigenvalue weighted by Gasteiger charge is -2.33. The molecule has 0 radical (unpaired) electrons. The van der Waals surface area contributed by atoms with Crippen molar-refractivity contribution in [3.8, 4) is 0 Å². The number of nitrogens with two attached hydrogens (primary N) is 1. The number of nitrogens with one attached hydrogen (secondary N) is 4. The number of imidazole rings is 1. The number of Topliss-reactive ketones (excluding diaryl/α,β-unsaturated/α-hetero) is 1. The number of hydrogen-bond acceptors (Lipinski definition) is 7. The Balaban J connectivity index is 1.84. The van der Waals surface area contributed by atoms with Crippen LogP contribution in [0, 0.1) is 17.8 Å². The Morgan fingerprint density at radius 2 is 1.23 bits per heavy atom. The predicted octanol–water partition coefficient (Wildman–Crippen LogP) is 3.82. The predicted molar refractivity (Wildman–Crippen MR) is 202 cm³/mol. The molecule has 0 fully saturated rings. The number of ketones is 1. The Labute approximate surface area is 308 Å². The molecule has 5 atom stereocenters. The van der Waals surface area contributed by atoms with Crippen LogP contribution in [0.5, 0.6) is 0 Å². The van der Waals surface area contributed by atoms with Crippen LogP contribution in [-0.2, 0) is 32.0 Å². The second-order valence-electron chi connectivity index (χ2n) is 14.8. The zero-order valence-electron chi connectivity index (χ0n) is 31.6. The van der Waals surface area contributed by atoms with E-state index in [1.54, 1.807) is 37.5 Å². The Kier molecular flexibility index (Phi) is 16.2. The molecule has 12 nitrogen and oxygen atoms in total. The lowest BCUT2D eigenvalue weighted by Crippen LogP contribution is -2.59. The average molecular weight is 716 g/mol. The van der Waals surface area contributed by atoms with Crippen molar-refractivity contribution in [1.29, 1.82) is 0 Å². The van der Waals surface area contributed by atoms with Crippen LogP contribution in [0.15, 0.2) is 73.2 Å². The van der Waals surface area contributed by atoms with Crippen LogP contribution in [0.4, 0.5) is 0 Å². The minimum Gasteiger partial charge on any atom is -0.348 e. The van der Waals surface area contributed by atoms with Gasteiger partial charge in [-0.05, 0) is 49.0 Å². The molecule has 0 aliphatic heterocycles. The third-order valence-corrected chi connectivity index (χ3v) is 8.78. The molecule has 1 heterocycles. The maximum atomic E-state index is 14.2. The molecular weight excluding hydrogens is 658 g/mol. The van der Waals surface area contributed by atoms with Gasteiger partial charge in [-0.25, -0.2) is 4.98 Å². The summed E-state index contributed by atoms with van der Waals surface area (Å²) in [7, 11) is 1.54. The van der Waals surface area contributed by atoms with Crippen molar-refractivity contribution >= 4 is 29.4 Å². The smallest absolute Gasteiger partial charge is 0.245 e. The van der Waals surface area contributed by atoms with Crippen molar-refractivity contribution in [2.24, 2.45) is 23.5 Å². The number of H-pyrrole nitrogens is 1. The topological polar surface area (TPSA) is 179 Å². The summed E-state index contributed by atoms with van der Waals surface area (Å²) in [6, 6.07) is 13.5. The van der Waals surface area contributed by atoms with Gasteiger partial charge in [0.15, 0.2) is 5.78 Å². The van der Waals surface area contributed by atoms with Crippen LogP contribution < -0.4 is 21.7 Å². The van der Waals surface area contributed by atoms with Crippen molar-refractivity contribution in [3.05, 3.63) is 90.0 Å². The summed E-state index contributed by atoms with van der Waals surface area (Å²) in [6.45, 7) is 11.7. The highest BCUT2D eigenvalue weighted by atomic mass is 16.2. The van der Waals surface area contributed by atoms with Crippen LogP contribution in [0.2, 0.25) is 0 Å². The fraction of sp³-hybridized carbons (Fsp3) is 0.500. The molecule has 0 unspecified atom stereocenters. The molecule has 52 heavy (non-hydrogen) atoms. The highest BCUT2D eigenvalue weighted by Crippen LogP contribution is 2.17. The van der Waals surface area contributed by atoms with Crippen LogP contribution in [0.25, 0.3) is 0 Å². The summed E-state index contributed by atoms with van der Waals surface area (Å²) in [5.41, 5.74) is 8.24. The van der Waals surface area contributed by atoms with Crippen LogP contribution in [-0.4, -0.2) is 81.5 Å². The molecule has 0 aliphatic rings. The Bertz CT molecular complexity index is 1580. The third kappa shape index (κ3) is 13.0. The fourth-order valence-corrected chi connectivity index (χ4v) is 6.09. The van der Waals surface area contributed by atoms with Gasteiger partial charge in [0, 0.05) is 30.9 Å². The maximum absolute atomic E-state index is 14.2.